The highest BCUT2D eigenvalue weighted by Crippen LogP contribution is 2.45. The van der Waals surface area contributed by atoms with Gasteiger partial charge in [-0.05, 0) is 65.7 Å². The summed E-state index contributed by atoms with van der Waals surface area (Å²) in [6.45, 7) is 8.61. The number of amides is 1. The maximum Gasteiger partial charge on any atom is 0.300 e. The van der Waals surface area contributed by atoms with Crippen LogP contribution in [0.5, 0.6) is 11.5 Å². The highest BCUT2D eigenvalue weighted by molar-refractivity contribution is 7.10. The van der Waals surface area contributed by atoms with Crippen LogP contribution in [0.4, 0.5) is 5.69 Å². The van der Waals surface area contributed by atoms with Crippen molar-refractivity contribution < 1.29 is 24.2 Å². The average Bonchev–Trinajstić information content (AvgIpc) is 3.45. The quantitative estimate of drug-likeness (QED) is 0.257. The van der Waals surface area contributed by atoms with Gasteiger partial charge >= 0.3 is 0 Å². The van der Waals surface area contributed by atoms with Crippen LogP contribution in [-0.4, -0.2) is 30.5 Å². The first-order valence-electron chi connectivity index (χ1n) is 11.4. The summed E-state index contributed by atoms with van der Waals surface area (Å²) in [5, 5.41) is 13.4. The molecule has 0 radical (unpaired) electrons. The van der Waals surface area contributed by atoms with E-state index >= 15 is 0 Å². The highest BCUT2D eigenvalue weighted by Gasteiger charge is 2.47. The summed E-state index contributed by atoms with van der Waals surface area (Å²) in [4.78, 5) is 28.9. The van der Waals surface area contributed by atoms with Crippen LogP contribution < -0.4 is 14.4 Å². The van der Waals surface area contributed by atoms with Gasteiger partial charge in [0, 0.05) is 10.6 Å². The van der Waals surface area contributed by atoms with Gasteiger partial charge in [0.05, 0.1) is 24.9 Å². The fourth-order valence-electron chi connectivity index (χ4n) is 4.19. The number of hydrogen-bond donors (Lipinski definition) is 1. The average molecular weight is 492 g/mol. The minimum Gasteiger partial charge on any atom is -0.507 e. The number of aliphatic hydroxyl groups excluding tert-OH is 1. The zero-order valence-corrected chi connectivity index (χ0v) is 21.3. The summed E-state index contributed by atoms with van der Waals surface area (Å²) in [6.07, 6.45) is 0. The summed E-state index contributed by atoms with van der Waals surface area (Å²) in [7, 11) is 1.51. The number of methoxy groups -OCH3 is 1. The number of carbonyl (C=O) groups excluding carboxylic acids is 2. The molecular weight excluding hydrogens is 462 g/mol. The Labute approximate surface area is 209 Å². The predicted octanol–water partition coefficient (Wildman–Crippen LogP) is 6.08. The number of nitrogens with zero attached hydrogens (tertiary/aromatic N) is 1. The summed E-state index contributed by atoms with van der Waals surface area (Å²) in [6, 6.07) is 15.5. The molecule has 1 amide bonds. The molecule has 6 nitrogen and oxygen atoms in total. The van der Waals surface area contributed by atoms with Crippen LogP contribution in [0.25, 0.3) is 5.76 Å². The normalized spacial score (nSPS) is 17.6. The number of benzene rings is 2. The number of hydrogen-bond acceptors (Lipinski definition) is 6. The van der Waals surface area contributed by atoms with Crippen molar-refractivity contribution in [3.63, 3.8) is 0 Å². The SMILES string of the molecule is CCOc1ccc(N2C(=O)C(=O)/C(=C(/O)c3cc(C(C)(C)C)ccc3OC)C2c2cccs2)cc1. The fourth-order valence-corrected chi connectivity index (χ4v) is 5.01. The molecule has 0 saturated carbocycles. The number of ketones is 1. The monoisotopic (exact) mass is 491 g/mol. The molecule has 1 unspecified atom stereocenters. The number of carbonyl (C=O) groups is 2. The molecular formula is C28H29NO5S. The van der Waals surface area contributed by atoms with Crippen LogP contribution in [-0.2, 0) is 15.0 Å². The molecule has 3 aromatic rings. The molecule has 1 saturated heterocycles. The van der Waals surface area contributed by atoms with E-state index in [1.807, 2.05) is 36.6 Å². The van der Waals surface area contributed by atoms with Gasteiger partial charge in [-0.25, -0.2) is 0 Å². The molecule has 2 heterocycles. The molecule has 0 aliphatic carbocycles. The Balaban J connectivity index is 1.91. The third-order valence-electron chi connectivity index (χ3n) is 6.00. The molecule has 1 fully saturated rings. The highest BCUT2D eigenvalue weighted by atomic mass is 32.1. The van der Waals surface area contributed by atoms with Crippen molar-refractivity contribution in [1.29, 1.82) is 0 Å². The van der Waals surface area contributed by atoms with Gasteiger partial charge in [0.2, 0.25) is 0 Å². The van der Waals surface area contributed by atoms with Crippen molar-refractivity contribution in [2.24, 2.45) is 0 Å². The standard InChI is InChI=1S/C28H29NO5S/c1-6-34-19-12-10-18(11-13-19)29-24(22-8-7-15-35-22)23(26(31)27(29)32)25(30)20-16-17(28(2,3)4)9-14-21(20)33-5/h7-16,24,30H,6H2,1-5H3/b25-23+. The summed E-state index contributed by atoms with van der Waals surface area (Å²) in [5.74, 6) is -0.590. The van der Waals surface area contributed by atoms with E-state index in [4.69, 9.17) is 9.47 Å². The third kappa shape index (κ3) is 4.56. The molecule has 1 N–H and O–H groups in total. The third-order valence-corrected chi connectivity index (χ3v) is 6.93. The van der Waals surface area contributed by atoms with E-state index < -0.39 is 17.7 Å². The van der Waals surface area contributed by atoms with Gasteiger partial charge in [0.1, 0.15) is 23.3 Å². The minimum absolute atomic E-state index is 0.0377. The van der Waals surface area contributed by atoms with Gasteiger partial charge in [0.25, 0.3) is 11.7 Å². The zero-order valence-electron chi connectivity index (χ0n) is 20.5. The Morgan fingerprint density at radius 1 is 1.09 bits per heavy atom. The Bertz CT molecular complexity index is 1270. The molecule has 1 aromatic heterocycles. The Morgan fingerprint density at radius 3 is 2.37 bits per heavy atom. The van der Waals surface area contributed by atoms with E-state index in [1.54, 1.807) is 30.3 Å². The smallest absolute Gasteiger partial charge is 0.300 e. The molecule has 0 spiro atoms. The Hall–Kier alpha value is -3.58. The fraction of sp³-hybridized carbons (Fsp3) is 0.286. The molecule has 2 aromatic carbocycles. The number of aliphatic hydroxyl groups is 1. The van der Waals surface area contributed by atoms with Crippen LogP contribution in [0.2, 0.25) is 0 Å². The van der Waals surface area contributed by atoms with Crippen molar-refractivity contribution in [3.05, 3.63) is 81.6 Å². The lowest BCUT2D eigenvalue weighted by atomic mass is 9.85. The molecule has 182 valence electrons. The van der Waals surface area contributed by atoms with E-state index in [-0.39, 0.29) is 16.7 Å². The van der Waals surface area contributed by atoms with Crippen LogP contribution in [0, 0.1) is 0 Å². The second-order valence-electron chi connectivity index (χ2n) is 9.28. The van der Waals surface area contributed by atoms with E-state index in [9.17, 15) is 14.7 Å². The van der Waals surface area contributed by atoms with Crippen LogP contribution >= 0.6 is 11.3 Å². The first-order chi connectivity index (χ1) is 16.7. The van der Waals surface area contributed by atoms with Crippen molar-refractivity contribution in [1.82, 2.24) is 0 Å². The molecule has 4 rings (SSSR count). The van der Waals surface area contributed by atoms with E-state index in [0.29, 0.717) is 29.4 Å². The maximum absolute atomic E-state index is 13.4. The molecule has 1 aliphatic rings. The largest absolute Gasteiger partial charge is 0.507 e. The van der Waals surface area contributed by atoms with Crippen molar-refractivity contribution >= 4 is 34.5 Å². The van der Waals surface area contributed by atoms with Gasteiger partial charge in [-0.1, -0.05) is 32.9 Å². The number of ether oxygens (including phenoxy) is 2. The molecule has 35 heavy (non-hydrogen) atoms. The van der Waals surface area contributed by atoms with Gasteiger partial charge in [-0.2, -0.15) is 0 Å². The minimum atomic E-state index is -0.768. The van der Waals surface area contributed by atoms with Crippen LogP contribution in [0.3, 0.4) is 0 Å². The van der Waals surface area contributed by atoms with Gasteiger partial charge in [0.15, 0.2) is 0 Å². The first kappa shape index (κ1) is 24.5. The lowest BCUT2D eigenvalue weighted by molar-refractivity contribution is -0.132. The molecule has 1 aliphatic heterocycles. The first-order valence-corrected chi connectivity index (χ1v) is 12.3. The number of anilines is 1. The predicted molar refractivity (Wildman–Crippen MR) is 138 cm³/mol. The van der Waals surface area contributed by atoms with E-state index in [2.05, 4.69) is 20.8 Å². The Kier molecular flexibility index (Phi) is 6.72. The van der Waals surface area contributed by atoms with Crippen LogP contribution in [0.1, 0.15) is 49.7 Å². The number of thiophene rings is 1. The molecule has 1 atom stereocenters. The van der Waals surface area contributed by atoms with E-state index in [0.717, 1.165) is 10.4 Å². The Morgan fingerprint density at radius 2 is 1.80 bits per heavy atom. The summed E-state index contributed by atoms with van der Waals surface area (Å²) >= 11 is 1.42. The van der Waals surface area contributed by atoms with Crippen molar-refractivity contribution in [3.8, 4) is 11.5 Å². The van der Waals surface area contributed by atoms with Gasteiger partial charge in [-0.15, -0.1) is 11.3 Å². The lowest BCUT2D eigenvalue weighted by Crippen LogP contribution is -2.29. The number of rotatable bonds is 6. The lowest BCUT2D eigenvalue weighted by Gasteiger charge is -2.25. The number of Topliss-reactive ketones (excluding diaryl/α,β-unsaturated/α-hetero) is 1. The van der Waals surface area contributed by atoms with Crippen molar-refractivity contribution in [2.45, 2.75) is 39.2 Å². The summed E-state index contributed by atoms with van der Waals surface area (Å²) < 4.78 is 11.0. The summed E-state index contributed by atoms with van der Waals surface area (Å²) in [5.41, 5.74) is 1.74. The topological polar surface area (TPSA) is 76.1 Å². The van der Waals surface area contributed by atoms with Crippen LogP contribution in [0.15, 0.2) is 65.6 Å². The van der Waals surface area contributed by atoms with Gasteiger partial charge < -0.3 is 14.6 Å². The second kappa shape index (κ2) is 9.58. The molecule has 0 bridgehead atoms. The zero-order chi connectivity index (χ0) is 25.3. The second-order valence-corrected chi connectivity index (χ2v) is 10.3. The van der Waals surface area contributed by atoms with Gasteiger partial charge in [-0.3, -0.25) is 14.5 Å². The maximum atomic E-state index is 13.4. The van der Waals surface area contributed by atoms with Crippen molar-refractivity contribution in [2.75, 3.05) is 18.6 Å². The van der Waals surface area contributed by atoms with E-state index in [1.165, 1.54) is 23.3 Å². The molecule has 7 heteroatoms.